The molecule has 2 aromatic carbocycles. The number of rotatable bonds is 3. The molecule has 0 bridgehead atoms. The first-order valence-corrected chi connectivity index (χ1v) is 6.09. The lowest BCUT2D eigenvalue weighted by Gasteiger charge is -2.09. The molecule has 0 heterocycles. The van der Waals surface area contributed by atoms with Gasteiger partial charge in [0.25, 0.3) is 0 Å². The van der Waals surface area contributed by atoms with Crippen LogP contribution in [0.3, 0.4) is 0 Å². The molecule has 2 aromatic rings. The van der Waals surface area contributed by atoms with Gasteiger partial charge in [-0.05, 0) is 24.3 Å². The monoisotopic (exact) mass is 308 g/mol. The van der Waals surface area contributed by atoms with Crippen molar-refractivity contribution in [3.63, 3.8) is 0 Å². The summed E-state index contributed by atoms with van der Waals surface area (Å²) in [4.78, 5) is 10.3. The lowest BCUT2D eigenvalue weighted by atomic mass is 10.2. The van der Waals surface area contributed by atoms with Gasteiger partial charge in [-0.2, -0.15) is 5.26 Å². The molecule has 0 amide bonds. The second kappa shape index (κ2) is 5.78. The van der Waals surface area contributed by atoms with Crippen LogP contribution in [0.15, 0.2) is 36.4 Å². The zero-order valence-corrected chi connectivity index (χ0v) is 11.4. The van der Waals surface area contributed by atoms with Crippen LogP contribution in [-0.2, 0) is 0 Å². The van der Waals surface area contributed by atoms with Gasteiger partial charge in [-0.1, -0.05) is 29.3 Å². The van der Waals surface area contributed by atoms with E-state index in [2.05, 4.69) is 0 Å². The highest BCUT2D eigenvalue weighted by molar-refractivity contribution is 6.33. The van der Waals surface area contributed by atoms with E-state index in [0.717, 1.165) is 0 Å². The third-order valence-electron chi connectivity index (χ3n) is 2.42. The minimum Gasteiger partial charge on any atom is -0.447 e. The number of nitro groups is 1. The molecule has 100 valence electrons. The summed E-state index contributed by atoms with van der Waals surface area (Å²) in [5.74, 6) is 0.0904. The van der Waals surface area contributed by atoms with Gasteiger partial charge in [-0.25, -0.2) is 0 Å². The Hall–Kier alpha value is -2.29. The number of hydrogen-bond acceptors (Lipinski definition) is 4. The van der Waals surface area contributed by atoms with Crippen LogP contribution >= 0.6 is 23.2 Å². The van der Waals surface area contributed by atoms with E-state index >= 15 is 0 Å². The number of nitriles is 1. The molecule has 2 rings (SSSR count). The number of ether oxygens (including phenoxy) is 1. The molecule has 20 heavy (non-hydrogen) atoms. The van der Waals surface area contributed by atoms with E-state index in [1.54, 1.807) is 0 Å². The molecule has 0 atom stereocenters. The Morgan fingerprint density at radius 3 is 2.55 bits per heavy atom. The molecule has 0 saturated carbocycles. The van der Waals surface area contributed by atoms with Gasteiger partial charge in [-0.15, -0.1) is 0 Å². The maximum absolute atomic E-state index is 10.9. The summed E-state index contributed by atoms with van der Waals surface area (Å²) in [6, 6.07) is 10.5. The molecular formula is C13H6Cl2N2O3. The van der Waals surface area contributed by atoms with E-state index in [1.807, 2.05) is 6.07 Å². The molecule has 0 spiro atoms. The second-order valence-electron chi connectivity index (χ2n) is 3.70. The molecule has 0 aromatic heterocycles. The molecule has 0 aliphatic carbocycles. The van der Waals surface area contributed by atoms with Crippen molar-refractivity contribution in [3.05, 3.63) is 62.1 Å². The lowest BCUT2D eigenvalue weighted by Crippen LogP contribution is -1.94. The van der Waals surface area contributed by atoms with E-state index in [1.165, 1.54) is 36.4 Å². The van der Waals surface area contributed by atoms with Gasteiger partial charge in [-0.3, -0.25) is 10.1 Å². The fourth-order valence-corrected chi connectivity index (χ4v) is 1.93. The Bertz CT molecular complexity index is 726. The molecule has 7 heteroatoms. The Labute approximate surface area is 124 Å². The van der Waals surface area contributed by atoms with Gasteiger partial charge in [0, 0.05) is 6.07 Å². The summed E-state index contributed by atoms with van der Waals surface area (Å²) in [6.07, 6.45) is 0. The molecule has 0 N–H and O–H groups in total. The SMILES string of the molecule is N#Cc1ccc(Oc2c(Cl)cccc2[N+](=O)[O-])c(Cl)c1. The highest BCUT2D eigenvalue weighted by Crippen LogP contribution is 2.39. The second-order valence-corrected chi connectivity index (χ2v) is 4.52. The van der Waals surface area contributed by atoms with E-state index in [-0.39, 0.29) is 27.2 Å². The van der Waals surface area contributed by atoms with Crippen LogP contribution in [0.5, 0.6) is 11.5 Å². The predicted octanol–water partition coefficient (Wildman–Crippen LogP) is 4.57. The summed E-state index contributed by atoms with van der Waals surface area (Å²) in [7, 11) is 0. The standard InChI is InChI=1S/C13H6Cl2N2O3/c14-9-2-1-3-11(17(18)19)13(9)20-12-5-4-8(7-16)6-10(12)15/h1-6H. The van der Waals surface area contributed by atoms with Crippen molar-refractivity contribution in [2.75, 3.05) is 0 Å². The van der Waals surface area contributed by atoms with Crippen LogP contribution in [0.4, 0.5) is 5.69 Å². The van der Waals surface area contributed by atoms with Crippen molar-refractivity contribution in [3.8, 4) is 17.6 Å². The van der Waals surface area contributed by atoms with Gasteiger partial charge in [0.15, 0.2) is 0 Å². The van der Waals surface area contributed by atoms with Crippen molar-refractivity contribution in [2.24, 2.45) is 0 Å². The normalized spacial score (nSPS) is 9.85. The number of benzene rings is 2. The number of hydrogen-bond donors (Lipinski definition) is 0. The number of halogens is 2. The third-order valence-corrected chi connectivity index (χ3v) is 3.01. The van der Waals surface area contributed by atoms with Gasteiger partial charge in [0.2, 0.25) is 5.75 Å². The maximum atomic E-state index is 10.9. The molecule has 0 saturated heterocycles. The maximum Gasteiger partial charge on any atom is 0.313 e. The predicted molar refractivity (Wildman–Crippen MR) is 74.3 cm³/mol. The van der Waals surface area contributed by atoms with E-state index in [4.69, 9.17) is 33.2 Å². The van der Waals surface area contributed by atoms with Gasteiger partial charge in [0.1, 0.15) is 5.75 Å². The van der Waals surface area contributed by atoms with Crippen molar-refractivity contribution < 1.29 is 9.66 Å². The number of nitrogens with zero attached hydrogens (tertiary/aromatic N) is 2. The molecule has 0 radical (unpaired) electrons. The summed E-state index contributed by atoms with van der Waals surface area (Å²) in [6.45, 7) is 0. The van der Waals surface area contributed by atoms with Crippen molar-refractivity contribution in [2.45, 2.75) is 0 Å². The van der Waals surface area contributed by atoms with Crippen LogP contribution in [-0.4, -0.2) is 4.92 Å². The van der Waals surface area contributed by atoms with Gasteiger partial charge >= 0.3 is 5.69 Å². The van der Waals surface area contributed by atoms with Crippen LogP contribution in [0, 0.1) is 21.4 Å². The average molecular weight is 309 g/mol. The molecular weight excluding hydrogens is 303 g/mol. The highest BCUT2D eigenvalue weighted by atomic mass is 35.5. The zero-order valence-electron chi connectivity index (χ0n) is 9.84. The van der Waals surface area contributed by atoms with E-state index in [9.17, 15) is 10.1 Å². The first-order chi connectivity index (χ1) is 9.52. The summed E-state index contributed by atoms with van der Waals surface area (Å²) >= 11 is 11.9. The van der Waals surface area contributed by atoms with E-state index < -0.39 is 4.92 Å². The van der Waals surface area contributed by atoms with Gasteiger partial charge in [0.05, 0.1) is 26.6 Å². The molecule has 0 fully saturated rings. The zero-order chi connectivity index (χ0) is 14.7. The van der Waals surface area contributed by atoms with Gasteiger partial charge < -0.3 is 4.74 Å². The van der Waals surface area contributed by atoms with Crippen LogP contribution in [0.25, 0.3) is 0 Å². The molecule has 0 aliphatic heterocycles. The Balaban J connectivity index is 2.45. The van der Waals surface area contributed by atoms with Crippen LogP contribution < -0.4 is 4.74 Å². The van der Waals surface area contributed by atoms with Crippen LogP contribution in [0.2, 0.25) is 10.0 Å². The first-order valence-electron chi connectivity index (χ1n) is 5.33. The van der Waals surface area contributed by atoms with E-state index in [0.29, 0.717) is 5.56 Å². The number of para-hydroxylation sites is 1. The third kappa shape index (κ3) is 2.82. The molecule has 5 nitrogen and oxygen atoms in total. The quantitative estimate of drug-likeness (QED) is 0.615. The minimum absolute atomic E-state index is 0.0919. The highest BCUT2D eigenvalue weighted by Gasteiger charge is 2.20. The Morgan fingerprint density at radius 2 is 1.95 bits per heavy atom. The summed E-state index contributed by atoms with van der Waals surface area (Å²) in [5, 5.41) is 19.9. The smallest absolute Gasteiger partial charge is 0.313 e. The number of nitro benzene ring substituents is 1. The lowest BCUT2D eigenvalue weighted by molar-refractivity contribution is -0.385. The Morgan fingerprint density at radius 1 is 1.20 bits per heavy atom. The summed E-state index contributed by atoms with van der Waals surface area (Å²) in [5.41, 5.74) is 0.0916. The van der Waals surface area contributed by atoms with Crippen molar-refractivity contribution in [1.29, 1.82) is 5.26 Å². The fourth-order valence-electron chi connectivity index (χ4n) is 1.51. The van der Waals surface area contributed by atoms with Crippen molar-refractivity contribution in [1.82, 2.24) is 0 Å². The Kier molecular flexibility index (Phi) is 4.08. The largest absolute Gasteiger partial charge is 0.447 e. The van der Waals surface area contributed by atoms with Crippen LogP contribution in [0.1, 0.15) is 5.56 Å². The molecule has 0 unspecified atom stereocenters. The summed E-state index contributed by atoms with van der Waals surface area (Å²) < 4.78 is 5.42. The topological polar surface area (TPSA) is 76.2 Å². The first kappa shape index (κ1) is 14.1. The molecule has 0 aliphatic rings. The van der Waals surface area contributed by atoms with Crippen molar-refractivity contribution >= 4 is 28.9 Å². The average Bonchev–Trinajstić information content (AvgIpc) is 2.42. The fraction of sp³-hybridized carbons (Fsp3) is 0. The minimum atomic E-state index is -0.598.